The normalized spacial score (nSPS) is 10.8. The van der Waals surface area contributed by atoms with Gasteiger partial charge in [-0.25, -0.2) is 0 Å². The van der Waals surface area contributed by atoms with Crippen molar-refractivity contribution < 1.29 is 10.3 Å². The molecule has 3 aromatic rings. The van der Waals surface area contributed by atoms with Gasteiger partial charge in [-0.15, -0.1) is 0 Å². The molecule has 0 spiro atoms. The van der Waals surface area contributed by atoms with Gasteiger partial charge in [0.15, 0.2) is 0 Å². The maximum Gasteiger partial charge on any atom is 0.125 e. The molecule has 1 heterocycles. The van der Waals surface area contributed by atoms with Crippen LogP contribution in [0, 0.1) is 6.92 Å². The van der Waals surface area contributed by atoms with Crippen molar-refractivity contribution in [3.8, 4) is 5.75 Å². The first-order chi connectivity index (χ1) is 9.65. The van der Waals surface area contributed by atoms with Crippen LogP contribution >= 0.6 is 11.9 Å². The van der Waals surface area contributed by atoms with Crippen LogP contribution in [0.1, 0.15) is 5.56 Å². The highest BCUT2D eigenvalue weighted by atomic mass is 32.2. The number of aromatic nitrogens is 1. The van der Waals surface area contributed by atoms with Gasteiger partial charge in [-0.1, -0.05) is 17.7 Å². The maximum atomic E-state index is 9.81. The second-order valence-corrected chi connectivity index (χ2v) is 5.45. The lowest BCUT2D eigenvalue weighted by Gasteiger charge is -2.09. The lowest BCUT2D eigenvalue weighted by atomic mass is 10.2. The number of rotatable bonds is 3. The Labute approximate surface area is 120 Å². The van der Waals surface area contributed by atoms with Gasteiger partial charge in [-0.2, -0.15) is 4.73 Å². The van der Waals surface area contributed by atoms with Crippen LogP contribution in [0.5, 0.6) is 5.75 Å². The average Bonchev–Trinajstić information content (AvgIpc) is 2.84. The van der Waals surface area contributed by atoms with Crippen molar-refractivity contribution in [1.29, 1.82) is 0 Å². The Bertz CT molecular complexity index is 750. The number of hydrogen-bond donors (Lipinski definition) is 3. The van der Waals surface area contributed by atoms with E-state index < -0.39 is 0 Å². The number of hydrogen-bond acceptors (Lipinski definition) is 4. The quantitative estimate of drug-likeness (QED) is 0.387. The Balaban J connectivity index is 1.89. The first-order valence-corrected chi connectivity index (χ1v) is 6.98. The summed E-state index contributed by atoms with van der Waals surface area (Å²) in [6, 6.07) is 13.2. The molecule has 3 rings (SSSR count). The minimum atomic E-state index is 0.152. The summed E-state index contributed by atoms with van der Waals surface area (Å²) in [4.78, 5) is 1.08. The van der Waals surface area contributed by atoms with Gasteiger partial charge in [0.1, 0.15) is 11.3 Å². The number of nitrogens with zero attached hydrogens (tertiary/aromatic N) is 1. The first kappa shape index (κ1) is 12.7. The molecular formula is C15H14N2O2S. The van der Waals surface area contributed by atoms with Gasteiger partial charge in [0.2, 0.25) is 0 Å². The highest BCUT2D eigenvalue weighted by molar-refractivity contribution is 8.00. The Hall–Kier alpha value is -2.27. The van der Waals surface area contributed by atoms with Crippen LogP contribution in [-0.2, 0) is 0 Å². The van der Waals surface area contributed by atoms with Crippen molar-refractivity contribution in [2.24, 2.45) is 0 Å². The molecule has 0 atom stereocenters. The summed E-state index contributed by atoms with van der Waals surface area (Å²) < 4.78 is 4.21. The molecule has 0 aliphatic carbocycles. The van der Waals surface area contributed by atoms with Gasteiger partial charge < -0.3 is 15.0 Å². The molecule has 102 valence electrons. The largest absolute Gasteiger partial charge is 0.507 e. The molecule has 1 aromatic heterocycles. The number of aromatic hydroxyl groups is 1. The molecular weight excluding hydrogens is 272 g/mol. The van der Waals surface area contributed by atoms with Crippen molar-refractivity contribution in [3.63, 3.8) is 0 Å². The molecule has 0 saturated carbocycles. The lowest BCUT2D eigenvalue weighted by molar-refractivity contribution is 0.200. The van der Waals surface area contributed by atoms with E-state index in [0.29, 0.717) is 10.9 Å². The van der Waals surface area contributed by atoms with Crippen LogP contribution in [0.3, 0.4) is 0 Å². The van der Waals surface area contributed by atoms with Gasteiger partial charge in [-0.05, 0) is 49.2 Å². The summed E-state index contributed by atoms with van der Waals surface area (Å²) in [6.07, 6.45) is 1.51. The van der Waals surface area contributed by atoms with Gasteiger partial charge >= 0.3 is 0 Å². The summed E-state index contributed by atoms with van der Waals surface area (Å²) in [7, 11) is 0. The summed E-state index contributed by atoms with van der Waals surface area (Å²) in [5.74, 6) is 0.152. The SMILES string of the molecule is Cc1ccc(SNc2ccc(O)c3ccn(O)c23)cc1. The number of aryl methyl sites for hydroxylation is 1. The smallest absolute Gasteiger partial charge is 0.125 e. The molecule has 20 heavy (non-hydrogen) atoms. The van der Waals surface area contributed by atoms with Crippen LogP contribution in [0.4, 0.5) is 5.69 Å². The van der Waals surface area contributed by atoms with Crippen molar-refractivity contribution in [2.45, 2.75) is 11.8 Å². The third-order valence-electron chi connectivity index (χ3n) is 3.11. The zero-order valence-corrected chi connectivity index (χ0v) is 11.7. The van der Waals surface area contributed by atoms with E-state index >= 15 is 0 Å². The van der Waals surface area contributed by atoms with E-state index in [1.807, 2.05) is 31.2 Å². The summed E-state index contributed by atoms with van der Waals surface area (Å²) >= 11 is 1.46. The minimum absolute atomic E-state index is 0.152. The molecule has 2 aromatic carbocycles. The van der Waals surface area contributed by atoms with E-state index in [9.17, 15) is 10.3 Å². The molecule has 0 bridgehead atoms. The third kappa shape index (κ3) is 2.28. The second kappa shape index (κ2) is 5.02. The van der Waals surface area contributed by atoms with Crippen LogP contribution in [0.25, 0.3) is 10.9 Å². The maximum absolute atomic E-state index is 9.81. The fourth-order valence-electron chi connectivity index (χ4n) is 2.03. The number of nitrogens with one attached hydrogen (secondary N) is 1. The highest BCUT2D eigenvalue weighted by Gasteiger charge is 2.10. The molecule has 3 N–H and O–H groups in total. The molecule has 0 unspecified atom stereocenters. The van der Waals surface area contributed by atoms with Crippen LogP contribution in [0.15, 0.2) is 53.6 Å². The van der Waals surface area contributed by atoms with Crippen molar-refractivity contribution in [3.05, 3.63) is 54.2 Å². The number of phenols is 1. The second-order valence-electron chi connectivity index (χ2n) is 4.57. The predicted octanol–water partition coefficient (Wildman–Crippen LogP) is 4.01. The van der Waals surface area contributed by atoms with E-state index in [4.69, 9.17) is 0 Å². The Kier molecular flexibility index (Phi) is 3.20. The topological polar surface area (TPSA) is 57.4 Å². The first-order valence-electron chi connectivity index (χ1n) is 6.17. The van der Waals surface area contributed by atoms with E-state index in [-0.39, 0.29) is 5.75 Å². The zero-order chi connectivity index (χ0) is 14.1. The molecule has 0 radical (unpaired) electrons. The predicted molar refractivity (Wildman–Crippen MR) is 81.4 cm³/mol. The van der Waals surface area contributed by atoms with E-state index in [2.05, 4.69) is 4.72 Å². The zero-order valence-electron chi connectivity index (χ0n) is 10.9. The summed E-state index contributed by atoms with van der Waals surface area (Å²) in [5.41, 5.74) is 2.52. The summed E-state index contributed by atoms with van der Waals surface area (Å²) in [5, 5.41) is 20.2. The molecule has 0 aliphatic heterocycles. The lowest BCUT2D eigenvalue weighted by Crippen LogP contribution is -1.93. The number of anilines is 1. The molecule has 0 saturated heterocycles. The van der Waals surface area contributed by atoms with Crippen molar-refractivity contribution in [2.75, 3.05) is 4.72 Å². The van der Waals surface area contributed by atoms with Gasteiger partial charge in [-0.3, -0.25) is 0 Å². The molecule has 0 aliphatic rings. The highest BCUT2D eigenvalue weighted by Crippen LogP contribution is 2.33. The fraction of sp³-hybridized carbons (Fsp3) is 0.0667. The molecule has 5 heteroatoms. The van der Waals surface area contributed by atoms with Gasteiger partial charge in [0, 0.05) is 16.5 Å². The number of fused-ring (bicyclic) bond motifs is 1. The van der Waals surface area contributed by atoms with Crippen molar-refractivity contribution >= 4 is 28.5 Å². The minimum Gasteiger partial charge on any atom is -0.507 e. The average molecular weight is 286 g/mol. The number of phenolic OH excluding ortho intramolecular Hbond substituents is 1. The number of benzene rings is 2. The van der Waals surface area contributed by atoms with Crippen LogP contribution in [-0.4, -0.2) is 15.0 Å². The van der Waals surface area contributed by atoms with E-state index in [1.165, 1.54) is 23.7 Å². The summed E-state index contributed by atoms with van der Waals surface area (Å²) in [6.45, 7) is 2.05. The van der Waals surface area contributed by atoms with Crippen LogP contribution < -0.4 is 4.72 Å². The van der Waals surface area contributed by atoms with Gasteiger partial charge in [0.05, 0.1) is 5.69 Å². The van der Waals surface area contributed by atoms with E-state index in [1.54, 1.807) is 18.2 Å². The Morgan fingerprint density at radius 3 is 2.55 bits per heavy atom. The molecule has 0 fully saturated rings. The molecule has 0 amide bonds. The van der Waals surface area contributed by atoms with Crippen LogP contribution in [0.2, 0.25) is 0 Å². The van der Waals surface area contributed by atoms with Crippen molar-refractivity contribution in [1.82, 2.24) is 4.73 Å². The van der Waals surface area contributed by atoms with E-state index in [0.717, 1.165) is 15.3 Å². The fourth-order valence-corrected chi connectivity index (χ4v) is 2.70. The Morgan fingerprint density at radius 2 is 1.80 bits per heavy atom. The van der Waals surface area contributed by atoms with Gasteiger partial charge in [0.25, 0.3) is 0 Å². The third-order valence-corrected chi connectivity index (χ3v) is 3.94. The standard InChI is InChI=1S/C15H14N2O2S/c1-10-2-4-11(5-3-10)20-16-13-6-7-14(18)12-8-9-17(19)15(12)13/h2-9,16,18-19H,1H3. The Morgan fingerprint density at radius 1 is 1.05 bits per heavy atom. The monoisotopic (exact) mass is 286 g/mol. The molecule has 4 nitrogen and oxygen atoms in total.